The molecule has 0 spiro atoms. The van der Waals surface area contributed by atoms with Crippen LogP contribution in [0.15, 0.2) is 72.8 Å². The van der Waals surface area contributed by atoms with Crippen molar-refractivity contribution in [2.45, 2.75) is 143 Å². The first kappa shape index (κ1) is 46.1. The van der Waals surface area contributed by atoms with Crippen LogP contribution in [0.5, 0.6) is 0 Å². The van der Waals surface area contributed by atoms with Gasteiger partial charge in [-0.2, -0.15) is 0 Å². The van der Waals surface area contributed by atoms with E-state index in [9.17, 15) is 0 Å². The molecule has 314 valence electrons. The Labute approximate surface area is 369 Å². The molecule has 6 aromatic rings. The molecular formula is C57H71P3. The summed E-state index contributed by atoms with van der Waals surface area (Å²) < 4.78 is -0.225. The number of benzene rings is 6. The minimum atomic E-state index is -1.03. The summed E-state index contributed by atoms with van der Waals surface area (Å²) in [4.78, 5) is 0. The first-order chi connectivity index (χ1) is 28.2. The summed E-state index contributed by atoms with van der Waals surface area (Å²) in [7, 11) is -3.10. The topological polar surface area (TPSA) is 0 Å². The number of aryl methyl sites for hydroxylation is 6. The molecule has 6 aromatic carbocycles. The molecule has 0 nitrogen and oxygen atoms in total. The van der Waals surface area contributed by atoms with Gasteiger partial charge in [0.15, 0.2) is 0 Å². The van der Waals surface area contributed by atoms with Gasteiger partial charge >= 0.3 is 0 Å². The Bertz CT molecular complexity index is 2180. The van der Waals surface area contributed by atoms with Crippen LogP contribution in [-0.4, -0.2) is 4.64 Å². The molecule has 0 atom stereocenters. The minimum Gasteiger partial charge on any atom is -0.0638 e. The number of hydrogen-bond acceptors (Lipinski definition) is 0. The van der Waals surface area contributed by atoms with Crippen molar-refractivity contribution in [3.63, 3.8) is 0 Å². The standard InChI is InChI=1S/C57H71P3/c1-20-57(58(51-27-21-33(2)39(8)45(51)14)52-28-22-34(3)40(9)46(52)15,59(53-29-23-35(4)41(10)47(53)16)54-30-24-36(5)42(11)48(54)17)60(55-31-25-37(6)43(12)49(55)18)56-32-26-38(7)44(13)50(56)19/h21-32H,20H2,1-19H3. The van der Waals surface area contributed by atoms with Crippen LogP contribution in [0.3, 0.4) is 0 Å². The van der Waals surface area contributed by atoms with E-state index in [1.807, 2.05) is 0 Å². The Morgan fingerprint density at radius 3 is 0.533 bits per heavy atom. The maximum atomic E-state index is 2.59. The van der Waals surface area contributed by atoms with E-state index in [0.29, 0.717) is 0 Å². The lowest BCUT2D eigenvalue weighted by molar-refractivity contribution is 0.981. The second-order valence-electron chi connectivity index (χ2n) is 18.0. The van der Waals surface area contributed by atoms with Gasteiger partial charge in [-0.1, -0.05) is 79.7 Å². The average Bonchev–Trinajstić information content (AvgIpc) is 3.22. The molecule has 60 heavy (non-hydrogen) atoms. The Balaban J connectivity index is 2.04. The smallest absolute Gasteiger partial charge is 0.0543 e. The second kappa shape index (κ2) is 17.8. The van der Waals surface area contributed by atoms with Gasteiger partial charge in [0.25, 0.3) is 0 Å². The lowest BCUT2D eigenvalue weighted by Gasteiger charge is -2.54. The van der Waals surface area contributed by atoms with Crippen molar-refractivity contribution in [1.82, 2.24) is 0 Å². The highest BCUT2D eigenvalue weighted by Crippen LogP contribution is 2.80. The molecule has 0 radical (unpaired) electrons. The molecule has 0 heterocycles. The maximum Gasteiger partial charge on any atom is 0.0543 e. The fourth-order valence-corrected chi connectivity index (χ4v) is 24.1. The van der Waals surface area contributed by atoms with E-state index >= 15 is 0 Å². The normalized spacial score (nSPS) is 12.1. The first-order valence-corrected chi connectivity index (χ1v) is 26.1. The third-order valence-corrected chi connectivity index (χ3v) is 27.7. The number of rotatable bonds is 10. The molecule has 0 N–H and O–H groups in total. The van der Waals surface area contributed by atoms with Crippen LogP contribution < -0.4 is 31.8 Å². The van der Waals surface area contributed by atoms with E-state index in [4.69, 9.17) is 0 Å². The summed E-state index contributed by atoms with van der Waals surface area (Å²) in [5, 5.41) is 9.29. The summed E-state index contributed by atoms with van der Waals surface area (Å²) in [6.45, 7) is 45.3. The van der Waals surface area contributed by atoms with E-state index in [1.54, 1.807) is 31.8 Å². The molecule has 6 rings (SSSR count). The Morgan fingerprint density at radius 1 is 0.250 bits per heavy atom. The lowest BCUT2D eigenvalue weighted by atomic mass is 10.0. The van der Waals surface area contributed by atoms with Gasteiger partial charge in [-0.05, 0) is 287 Å². The highest BCUT2D eigenvalue weighted by molar-refractivity contribution is 8.05. The van der Waals surface area contributed by atoms with Crippen LogP contribution in [0.25, 0.3) is 0 Å². The van der Waals surface area contributed by atoms with E-state index in [-0.39, 0.29) is 4.64 Å². The van der Waals surface area contributed by atoms with Gasteiger partial charge in [0.05, 0.1) is 4.64 Å². The summed E-state index contributed by atoms with van der Waals surface area (Å²) in [5.74, 6) is 0. The summed E-state index contributed by atoms with van der Waals surface area (Å²) >= 11 is 0. The van der Waals surface area contributed by atoms with E-state index in [0.717, 1.165) is 6.42 Å². The molecule has 0 aliphatic heterocycles. The molecule has 0 saturated carbocycles. The van der Waals surface area contributed by atoms with Gasteiger partial charge in [-0.15, -0.1) is 0 Å². The van der Waals surface area contributed by atoms with Crippen molar-refractivity contribution in [1.29, 1.82) is 0 Å². The molecular weight excluding hydrogens is 778 g/mol. The molecule has 0 saturated heterocycles. The molecule has 0 fully saturated rings. The third-order valence-electron chi connectivity index (χ3n) is 15.2. The lowest BCUT2D eigenvalue weighted by Crippen LogP contribution is -2.44. The van der Waals surface area contributed by atoms with Crippen molar-refractivity contribution in [2.24, 2.45) is 0 Å². The van der Waals surface area contributed by atoms with Crippen molar-refractivity contribution < 1.29 is 0 Å². The van der Waals surface area contributed by atoms with Crippen LogP contribution in [-0.2, 0) is 0 Å². The summed E-state index contributed by atoms with van der Waals surface area (Å²) in [6.07, 6.45) is 1.03. The van der Waals surface area contributed by atoms with Gasteiger partial charge in [0.2, 0.25) is 0 Å². The van der Waals surface area contributed by atoms with Gasteiger partial charge in [0, 0.05) is 0 Å². The quantitative estimate of drug-likeness (QED) is 0.121. The van der Waals surface area contributed by atoms with Crippen molar-refractivity contribution in [3.8, 4) is 0 Å². The third kappa shape index (κ3) is 7.61. The van der Waals surface area contributed by atoms with Crippen LogP contribution in [0, 0.1) is 125 Å². The molecule has 0 amide bonds. The average molecular weight is 849 g/mol. The van der Waals surface area contributed by atoms with Crippen molar-refractivity contribution in [2.75, 3.05) is 0 Å². The summed E-state index contributed by atoms with van der Waals surface area (Å²) in [5.41, 5.74) is 25.6. The zero-order chi connectivity index (χ0) is 44.3. The molecule has 0 aromatic heterocycles. The molecule has 0 unspecified atom stereocenters. The van der Waals surface area contributed by atoms with E-state index in [2.05, 4.69) is 204 Å². The molecule has 0 aliphatic carbocycles. The Morgan fingerprint density at radius 2 is 0.400 bits per heavy atom. The highest BCUT2D eigenvalue weighted by atomic mass is 31.2. The molecule has 3 heteroatoms. The molecule has 0 bridgehead atoms. The SMILES string of the molecule is CCC(P(c1ccc(C)c(C)c1C)c1ccc(C)c(C)c1C)(P(c1ccc(C)c(C)c1C)c1ccc(C)c(C)c1C)P(c1ccc(C)c(C)c1C)c1ccc(C)c(C)c1C. The predicted molar refractivity (Wildman–Crippen MR) is 276 cm³/mol. The van der Waals surface area contributed by atoms with Crippen molar-refractivity contribution >= 4 is 55.6 Å². The Hall–Kier alpha value is -3.39. The molecule has 0 aliphatic rings. The van der Waals surface area contributed by atoms with Gasteiger partial charge < -0.3 is 0 Å². The van der Waals surface area contributed by atoms with Gasteiger partial charge in [-0.25, -0.2) is 0 Å². The zero-order valence-electron chi connectivity index (χ0n) is 40.5. The maximum absolute atomic E-state index is 2.59. The second-order valence-corrected chi connectivity index (χ2v) is 26.3. The van der Waals surface area contributed by atoms with E-state index < -0.39 is 23.8 Å². The van der Waals surface area contributed by atoms with Gasteiger partial charge in [0.1, 0.15) is 0 Å². The van der Waals surface area contributed by atoms with Crippen LogP contribution >= 0.6 is 23.8 Å². The monoisotopic (exact) mass is 848 g/mol. The predicted octanol–water partition coefficient (Wildman–Crippen LogP) is 14.0. The summed E-state index contributed by atoms with van der Waals surface area (Å²) in [6, 6.07) is 30.1. The minimum absolute atomic E-state index is 0.225. The van der Waals surface area contributed by atoms with Gasteiger partial charge in [-0.3, -0.25) is 0 Å². The van der Waals surface area contributed by atoms with Crippen molar-refractivity contribution in [3.05, 3.63) is 173 Å². The van der Waals surface area contributed by atoms with Crippen LogP contribution in [0.4, 0.5) is 0 Å². The Kier molecular flexibility index (Phi) is 13.7. The van der Waals surface area contributed by atoms with Crippen LogP contribution in [0.1, 0.15) is 113 Å². The fraction of sp³-hybridized carbons (Fsp3) is 0.368. The first-order valence-electron chi connectivity index (χ1n) is 22.0. The number of hydrogen-bond donors (Lipinski definition) is 0. The van der Waals surface area contributed by atoms with E-state index in [1.165, 1.54) is 100 Å². The largest absolute Gasteiger partial charge is 0.0638 e. The zero-order valence-corrected chi connectivity index (χ0v) is 43.2. The fourth-order valence-electron chi connectivity index (χ4n) is 9.43. The van der Waals surface area contributed by atoms with Crippen LogP contribution in [0.2, 0.25) is 0 Å². The highest BCUT2D eigenvalue weighted by Gasteiger charge is 2.55.